The maximum absolute atomic E-state index is 11.6. The summed E-state index contributed by atoms with van der Waals surface area (Å²) in [6, 6.07) is 8.25. The molecule has 3 N–H and O–H groups in total. The van der Waals surface area contributed by atoms with Crippen LogP contribution in [0.4, 0.5) is 0 Å². The Kier molecular flexibility index (Phi) is 4.44. The second-order valence-electron chi connectivity index (χ2n) is 4.56. The molecular weight excluding hydrogens is 260 g/mol. The highest BCUT2D eigenvalue weighted by Crippen LogP contribution is 2.26. The molecule has 0 aliphatic heterocycles. The molecule has 0 radical (unpaired) electrons. The maximum atomic E-state index is 11.6. The zero-order valence-corrected chi connectivity index (χ0v) is 11.9. The number of aromatic amines is 1. The summed E-state index contributed by atoms with van der Waals surface area (Å²) in [6.45, 7) is 4.58. The van der Waals surface area contributed by atoms with Gasteiger partial charge in [-0.2, -0.15) is 0 Å². The van der Waals surface area contributed by atoms with Gasteiger partial charge >= 0.3 is 5.69 Å². The van der Waals surface area contributed by atoms with Gasteiger partial charge in [-0.25, -0.2) is 9.89 Å². The van der Waals surface area contributed by atoms with E-state index in [4.69, 9.17) is 5.73 Å². The van der Waals surface area contributed by atoms with E-state index in [-0.39, 0.29) is 11.7 Å². The third-order valence-corrected chi connectivity index (χ3v) is 3.73. The number of nitrogens with zero attached hydrogens (tertiary/aromatic N) is 2. The summed E-state index contributed by atoms with van der Waals surface area (Å²) < 4.78 is 1.65. The van der Waals surface area contributed by atoms with Crippen molar-refractivity contribution >= 4 is 11.8 Å². The van der Waals surface area contributed by atoms with Gasteiger partial charge in [0, 0.05) is 10.9 Å². The van der Waals surface area contributed by atoms with Crippen molar-refractivity contribution in [3.63, 3.8) is 0 Å². The predicted molar refractivity (Wildman–Crippen MR) is 76.6 cm³/mol. The van der Waals surface area contributed by atoms with Crippen molar-refractivity contribution in [1.29, 1.82) is 0 Å². The zero-order chi connectivity index (χ0) is 13.8. The molecule has 0 aliphatic carbocycles. The van der Waals surface area contributed by atoms with Gasteiger partial charge in [0.25, 0.3) is 0 Å². The fourth-order valence-electron chi connectivity index (χ4n) is 1.81. The molecule has 102 valence electrons. The average molecular weight is 278 g/mol. The van der Waals surface area contributed by atoms with Crippen molar-refractivity contribution in [2.75, 3.05) is 6.54 Å². The monoisotopic (exact) mass is 278 g/mol. The van der Waals surface area contributed by atoms with E-state index in [1.807, 2.05) is 26.0 Å². The van der Waals surface area contributed by atoms with Crippen molar-refractivity contribution in [2.45, 2.75) is 36.4 Å². The highest BCUT2D eigenvalue weighted by molar-refractivity contribution is 7.99. The van der Waals surface area contributed by atoms with Crippen molar-refractivity contribution in [3.05, 3.63) is 40.3 Å². The number of nitrogens with two attached hydrogens (primary N) is 1. The normalized spacial score (nSPS) is 11.2. The van der Waals surface area contributed by atoms with Crippen LogP contribution in [-0.2, 0) is 6.42 Å². The zero-order valence-electron chi connectivity index (χ0n) is 11.1. The molecule has 0 saturated carbocycles. The fourth-order valence-corrected chi connectivity index (χ4v) is 2.78. The van der Waals surface area contributed by atoms with E-state index in [9.17, 15) is 4.79 Å². The number of H-pyrrole nitrogens is 1. The lowest BCUT2D eigenvalue weighted by Crippen LogP contribution is -2.19. The van der Waals surface area contributed by atoms with E-state index in [1.165, 1.54) is 17.3 Å². The summed E-state index contributed by atoms with van der Waals surface area (Å²) in [5.41, 5.74) is 6.57. The SMILES string of the molecule is CC(C)n1c(Sc2ccc(CCN)cc2)n[nH]c1=O. The second kappa shape index (κ2) is 6.08. The molecule has 0 amide bonds. The number of aromatic nitrogens is 3. The van der Waals surface area contributed by atoms with E-state index < -0.39 is 0 Å². The van der Waals surface area contributed by atoms with Crippen LogP contribution < -0.4 is 11.4 Å². The topological polar surface area (TPSA) is 76.7 Å². The summed E-state index contributed by atoms with van der Waals surface area (Å²) >= 11 is 1.48. The van der Waals surface area contributed by atoms with E-state index in [0.717, 1.165) is 11.3 Å². The third kappa shape index (κ3) is 3.27. The number of hydrogen-bond acceptors (Lipinski definition) is 4. The van der Waals surface area contributed by atoms with Gasteiger partial charge in [-0.15, -0.1) is 5.10 Å². The minimum absolute atomic E-state index is 0.0882. The van der Waals surface area contributed by atoms with Gasteiger partial charge in [-0.1, -0.05) is 12.1 Å². The summed E-state index contributed by atoms with van der Waals surface area (Å²) in [5.74, 6) is 0. The van der Waals surface area contributed by atoms with Gasteiger partial charge in [0.05, 0.1) is 0 Å². The van der Waals surface area contributed by atoms with Gasteiger partial charge < -0.3 is 5.73 Å². The summed E-state index contributed by atoms with van der Waals surface area (Å²) in [5, 5.41) is 7.24. The number of benzene rings is 1. The molecule has 0 spiro atoms. The molecule has 0 unspecified atom stereocenters. The molecule has 1 heterocycles. The molecule has 0 fully saturated rings. The van der Waals surface area contributed by atoms with E-state index in [2.05, 4.69) is 22.3 Å². The Morgan fingerprint density at radius 3 is 2.63 bits per heavy atom. The van der Waals surface area contributed by atoms with Crippen LogP contribution in [-0.4, -0.2) is 21.3 Å². The highest BCUT2D eigenvalue weighted by Gasteiger charge is 2.12. The minimum Gasteiger partial charge on any atom is -0.330 e. The lowest BCUT2D eigenvalue weighted by atomic mass is 10.2. The third-order valence-electron chi connectivity index (χ3n) is 2.75. The smallest absolute Gasteiger partial charge is 0.330 e. The molecule has 19 heavy (non-hydrogen) atoms. The first kappa shape index (κ1) is 13.9. The Labute approximate surface area is 116 Å². The standard InChI is InChI=1S/C13H18N4OS/c1-9(2)17-12(18)15-16-13(17)19-11-5-3-10(4-6-11)7-8-14/h3-6,9H,7-8,14H2,1-2H3,(H,15,18). The average Bonchev–Trinajstić information content (AvgIpc) is 2.73. The van der Waals surface area contributed by atoms with E-state index >= 15 is 0 Å². The summed E-state index contributed by atoms with van der Waals surface area (Å²) in [6.07, 6.45) is 0.879. The number of nitrogens with one attached hydrogen (secondary N) is 1. The Balaban J connectivity index is 2.19. The van der Waals surface area contributed by atoms with Gasteiger partial charge in [-0.3, -0.25) is 4.57 Å². The summed E-state index contributed by atoms with van der Waals surface area (Å²) in [7, 11) is 0. The van der Waals surface area contributed by atoms with Crippen LogP contribution >= 0.6 is 11.8 Å². The lowest BCUT2D eigenvalue weighted by Gasteiger charge is -2.08. The fraction of sp³-hybridized carbons (Fsp3) is 0.385. The molecule has 2 aromatic rings. The van der Waals surface area contributed by atoms with E-state index in [0.29, 0.717) is 11.7 Å². The summed E-state index contributed by atoms with van der Waals surface area (Å²) in [4.78, 5) is 12.7. The first-order valence-electron chi connectivity index (χ1n) is 6.25. The van der Waals surface area contributed by atoms with Crippen LogP contribution in [0.15, 0.2) is 39.1 Å². The first-order chi connectivity index (χ1) is 9.11. The van der Waals surface area contributed by atoms with Crippen LogP contribution in [0, 0.1) is 0 Å². The van der Waals surface area contributed by atoms with Gasteiger partial charge in [0.1, 0.15) is 0 Å². The van der Waals surface area contributed by atoms with E-state index in [1.54, 1.807) is 4.57 Å². The van der Waals surface area contributed by atoms with Crippen LogP contribution in [0.3, 0.4) is 0 Å². The molecular formula is C13H18N4OS. The van der Waals surface area contributed by atoms with Crippen molar-refractivity contribution in [1.82, 2.24) is 14.8 Å². The molecule has 0 aliphatic rings. The van der Waals surface area contributed by atoms with Gasteiger partial charge in [0.15, 0.2) is 5.16 Å². The van der Waals surface area contributed by atoms with Gasteiger partial charge in [0.2, 0.25) is 0 Å². The first-order valence-corrected chi connectivity index (χ1v) is 7.07. The second-order valence-corrected chi connectivity index (χ2v) is 5.60. The van der Waals surface area contributed by atoms with Crippen LogP contribution in [0.1, 0.15) is 25.5 Å². The lowest BCUT2D eigenvalue weighted by molar-refractivity contribution is 0.534. The molecule has 1 aromatic heterocycles. The maximum Gasteiger partial charge on any atom is 0.344 e. The Morgan fingerprint density at radius 1 is 1.37 bits per heavy atom. The predicted octanol–water partition coefficient (Wildman–Crippen LogP) is 1.80. The Hall–Kier alpha value is -1.53. The van der Waals surface area contributed by atoms with Crippen LogP contribution in [0.2, 0.25) is 0 Å². The quantitative estimate of drug-likeness (QED) is 0.874. The number of rotatable bonds is 5. The van der Waals surface area contributed by atoms with Crippen molar-refractivity contribution in [3.8, 4) is 0 Å². The molecule has 1 aromatic carbocycles. The molecule has 6 heteroatoms. The Bertz CT molecular complexity index is 585. The van der Waals surface area contributed by atoms with Crippen LogP contribution in [0.25, 0.3) is 0 Å². The van der Waals surface area contributed by atoms with Crippen molar-refractivity contribution < 1.29 is 0 Å². The van der Waals surface area contributed by atoms with Crippen LogP contribution in [0.5, 0.6) is 0 Å². The van der Waals surface area contributed by atoms with Gasteiger partial charge in [-0.05, 0) is 56.3 Å². The Morgan fingerprint density at radius 2 is 2.05 bits per heavy atom. The molecule has 0 bridgehead atoms. The molecule has 2 rings (SSSR count). The van der Waals surface area contributed by atoms with Crippen molar-refractivity contribution in [2.24, 2.45) is 5.73 Å². The largest absolute Gasteiger partial charge is 0.344 e. The number of hydrogen-bond donors (Lipinski definition) is 2. The molecule has 0 saturated heterocycles. The minimum atomic E-state index is -0.169. The highest BCUT2D eigenvalue weighted by atomic mass is 32.2. The molecule has 0 atom stereocenters. The molecule has 5 nitrogen and oxygen atoms in total.